The zero-order valence-corrected chi connectivity index (χ0v) is 21.0. The Balaban J connectivity index is 1.73. The van der Waals surface area contributed by atoms with Crippen molar-refractivity contribution in [3.63, 3.8) is 0 Å². The van der Waals surface area contributed by atoms with Crippen LogP contribution in [0.15, 0.2) is 47.8 Å². The Morgan fingerprint density at radius 1 is 1.12 bits per heavy atom. The molecular weight excluding hydrogens is 503 g/mol. The molecule has 3 rings (SSSR count). The van der Waals surface area contributed by atoms with E-state index in [9.17, 15) is 33.1 Å². The third-order valence-corrected chi connectivity index (χ3v) is 9.08. The molecule has 0 radical (unpaired) electrons. The molecule has 1 aromatic carbocycles. The van der Waals surface area contributed by atoms with E-state index in [1.54, 1.807) is 35.7 Å². The number of halogens is 1. The lowest BCUT2D eigenvalue weighted by Gasteiger charge is -2.20. The number of aryl methyl sites for hydroxylation is 2. The van der Waals surface area contributed by atoms with Gasteiger partial charge < -0.3 is 24.5 Å². The maximum absolute atomic E-state index is 14.4. The molecular formula is C21H24FN3O6P2S. The molecule has 182 valence electrons. The number of rotatable bonds is 9. The quantitative estimate of drug-likeness (QED) is 0.298. The molecule has 0 saturated carbocycles. The number of benzene rings is 1. The minimum absolute atomic E-state index is 0.0576. The average Bonchev–Trinajstić information content (AvgIpc) is 3.12. The molecule has 0 aliphatic carbocycles. The predicted octanol–water partition coefficient (Wildman–Crippen LogP) is 4.38. The lowest BCUT2D eigenvalue weighted by atomic mass is 10.1. The third-order valence-electron chi connectivity index (χ3n) is 5.00. The summed E-state index contributed by atoms with van der Waals surface area (Å²) in [5.74, 6) is -0.571. The van der Waals surface area contributed by atoms with Gasteiger partial charge in [0.15, 0.2) is 5.06 Å². The number of hydrogen-bond donors (Lipinski definition) is 4. The Kier molecular flexibility index (Phi) is 8.21. The fourth-order valence-corrected chi connectivity index (χ4v) is 6.24. The molecule has 2 aromatic heterocycles. The fraction of sp³-hybridized carbons (Fsp3) is 0.238. The van der Waals surface area contributed by atoms with E-state index in [0.717, 1.165) is 27.2 Å². The second kappa shape index (κ2) is 10.6. The third kappa shape index (κ3) is 6.67. The van der Waals surface area contributed by atoms with Crippen molar-refractivity contribution in [2.24, 2.45) is 0 Å². The number of pyridine rings is 1. The van der Waals surface area contributed by atoms with Crippen molar-refractivity contribution in [3.05, 3.63) is 69.7 Å². The van der Waals surface area contributed by atoms with Crippen LogP contribution in [-0.2, 0) is 15.6 Å². The van der Waals surface area contributed by atoms with Gasteiger partial charge in [0.1, 0.15) is 10.8 Å². The highest BCUT2D eigenvalue weighted by atomic mass is 32.1. The lowest BCUT2D eigenvalue weighted by Crippen LogP contribution is -2.20. The Bertz CT molecular complexity index is 1260. The molecule has 13 heteroatoms. The van der Waals surface area contributed by atoms with E-state index in [1.165, 1.54) is 12.1 Å². The number of nitrogens with zero attached hydrogens (tertiary/aromatic N) is 3. The zero-order valence-electron chi connectivity index (χ0n) is 18.4. The predicted molar refractivity (Wildman–Crippen MR) is 130 cm³/mol. The molecule has 4 N–H and O–H groups in total. The number of thiazole rings is 1. The Morgan fingerprint density at radius 3 is 2.38 bits per heavy atom. The van der Waals surface area contributed by atoms with Crippen LogP contribution < -0.4 is 4.90 Å². The topological polar surface area (TPSA) is 144 Å². The van der Waals surface area contributed by atoms with Crippen LogP contribution in [0, 0.1) is 12.7 Å². The van der Waals surface area contributed by atoms with E-state index in [0.29, 0.717) is 25.5 Å². The Hall–Kier alpha value is -2.23. The monoisotopic (exact) mass is 527 g/mol. The van der Waals surface area contributed by atoms with E-state index < -0.39 is 26.1 Å². The molecule has 34 heavy (non-hydrogen) atoms. The van der Waals surface area contributed by atoms with Crippen LogP contribution in [0.4, 0.5) is 10.1 Å². The Morgan fingerprint density at radius 2 is 1.76 bits per heavy atom. The highest BCUT2D eigenvalue weighted by molar-refractivity contribution is 7.77. The van der Waals surface area contributed by atoms with Gasteiger partial charge in [-0.3, -0.25) is 14.1 Å². The van der Waals surface area contributed by atoms with Gasteiger partial charge in [-0.2, -0.15) is 0 Å². The molecule has 0 saturated heterocycles. The van der Waals surface area contributed by atoms with Gasteiger partial charge in [0.2, 0.25) is 0 Å². The smallest absolute Gasteiger partial charge is 0.364 e. The van der Waals surface area contributed by atoms with Gasteiger partial charge in [-0.25, -0.2) is 9.37 Å². The van der Waals surface area contributed by atoms with Crippen LogP contribution in [0.3, 0.4) is 0 Å². The van der Waals surface area contributed by atoms with Crippen LogP contribution in [0.5, 0.6) is 0 Å². The van der Waals surface area contributed by atoms with Crippen molar-refractivity contribution in [2.75, 3.05) is 18.5 Å². The van der Waals surface area contributed by atoms with E-state index in [4.69, 9.17) is 4.98 Å². The molecule has 9 nitrogen and oxygen atoms in total. The first kappa shape index (κ1) is 26.4. The summed E-state index contributed by atoms with van der Waals surface area (Å²) in [6, 6.07) is 7.35. The largest absolute Gasteiger partial charge is 0.372 e. The molecule has 0 atom stereocenters. The maximum Gasteiger partial charge on any atom is 0.364 e. The normalized spacial score (nSPS) is 12.0. The molecule has 0 bridgehead atoms. The van der Waals surface area contributed by atoms with Crippen LogP contribution in [0.25, 0.3) is 16.6 Å². The van der Waals surface area contributed by atoms with Gasteiger partial charge >= 0.3 is 15.2 Å². The average molecular weight is 527 g/mol. The van der Waals surface area contributed by atoms with Gasteiger partial charge in [0, 0.05) is 36.4 Å². The number of hydrogen-bond acceptors (Lipinski definition) is 6. The van der Waals surface area contributed by atoms with Crippen molar-refractivity contribution in [3.8, 4) is 10.6 Å². The van der Waals surface area contributed by atoms with Gasteiger partial charge in [0.05, 0.1) is 11.4 Å². The molecule has 0 aliphatic rings. The van der Waals surface area contributed by atoms with Gasteiger partial charge in [0.25, 0.3) is 0 Å². The maximum atomic E-state index is 14.4. The zero-order chi connectivity index (χ0) is 25.1. The van der Waals surface area contributed by atoms with E-state index >= 15 is 0 Å². The summed E-state index contributed by atoms with van der Waals surface area (Å²) >= 11 is 1.59. The summed E-state index contributed by atoms with van der Waals surface area (Å²) in [7, 11) is -8.76. The van der Waals surface area contributed by atoms with Crippen LogP contribution >= 0.6 is 26.5 Å². The second-order valence-electron chi connectivity index (χ2n) is 7.58. The number of aromatic nitrogens is 2. The SMILES string of the molecule is Cc1sc(-c2ccncc2)nc1CCCN(C)c1cc(C=C(P(=O)(O)O)P(=O)(O)O)ccc1F. The molecule has 0 fully saturated rings. The highest BCUT2D eigenvalue weighted by Gasteiger charge is 2.36. The van der Waals surface area contributed by atoms with Gasteiger partial charge in [-0.15, -0.1) is 11.3 Å². The van der Waals surface area contributed by atoms with Crippen LogP contribution in [0.1, 0.15) is 22.6 Å². The summed E-state index contributed by atoms with van der Waals surface area (Å²) < 4.78 is 37.5. The molecule has 2 heterocycles. The molecule has 0 spiro atoms. The first-order valence-corrected chi connectivity index (χ1v) is 14.1. The minimum Gasteiger partial charge on any atom is -0.372 e. The minimum atomic E-state index is -5.21. The molecule has 0 amide bonds. The fourth-order valence-electron chi connectivity index (χ4n) is 3.28. The second-order valence-corrected chi connectivity index (χ2v) is 12.3. The molecule has 3 aromatic rings. The van der Waals surface area contributed by atoms with Crippen molar-refractivity contribution in [1.29, 1.82) is 0 Å². The van der Waals surface area contributed by atoms with Crippen molar-refractivity contribution in [1.82, 2.24) is 9.97 Å². The first-order chi connectivity index (χ1) is 15.9. The Labute approximate surface area is 200 Å². The summed E-state index contributed by atoms with van der Waals surface area (Å²) in [6.07, 6.45) is 5.45. The number of anilines is 1. The van der Waals surface area contributed by atoms with Crippen molar-refractivity contribution < 1.29 is 33.1 Å². The standard InChI is InChI=1S/C21H24FN3O6P2S/c1-14-18(24-21(34-14)16-7-9-23-10-8-16)4-3-11-25(2)19-12-15(5-6-17(19)22)13-20(32(26,27)28)33(29,30)31/h5-10,12-13H,3-4,11H2,1-2H3,(H2,26,27,28)(H2,29,30,31). The van der Waals surface area contributed by atoms with E-state index in [-0.39, 0.29) is 11.3 Å². The van der Waals surface area contributed by atoms with E-state index in [1.807, 2.05) is 19.1 Å². The molecule has 0 aliphatic heterocycles. The van der Waals surface area contributed by atoms with Gasteiger partial charge in [-0.1, -0.05) is 6.07 Å². The lowest BCUT2D eigenvalue weighted by molar-refractivity contribution is 0.368. The molecule has 0 unspecified atom stereocenters. The summed E-state index contributed by atoms with van der Waals surface area (Å²) in [4.78, 5) is 48.6. The summed E-state index contributed by atoms with van der Waals surface area (Å²) in [6.45, 7) is 2.45. The summed E-state index contributed by atoms with van der Waals surface area (Å²) in [5.41, 5.74) is 2.14. The van der Waals surface area contributed by atoms with Crippen molar-refractivity contribution >= 4 is 38.3 Å². The van der Waals surface area contributed by atoms with Gasteiger partial charge in [-0.05, 0) is 55.7 Å². The van der Waals surface area contributed by atoms with Crippen LogP contribution in [0.2, 0.25) is 0 Å². The highest BCUT2D eigenvalue weighted by Crippen LogP contribution is 2.64. The van der Waals surface area contributed by atoms with Crippen LogP contribution in [-0.4, -0.2) is 43.1 Å². The first-order valence-electron chi connectivity index (χ1n) is 10.1. The van der Waals surface area contributed by atoms with Crippen molar-refractivity contribution in [2.45, 2.75) is 19.8 Å². The summed E-state index contributed by atoms with van der Waals surface area (Å²) in [5, 5.41) is -0.413. The van der Waals surface area contributed by atoms with E-state index in [2.05, 4.69) is 4.98 Å².